The molecule has 34 heavy (non-hydrogen) atoms. The van der Waals surface area contributed by atoms with E-state index in [1.54, 1.807) is 0 Å². The predicted molar refractivity (Wildman–Crippen MR) is 144 cm³/mol. The van der Waals surface area contributed by atoms with E-state index >= 15 is 0 Å². The molecule has 4 aromatic rings. The molecule has 0 aromatic heterocycles. The zero-order valence-electron chi connectivity index (χ0n) is 20.1. The third-order valence-electron chi connectivity index (χ3n) is 7.06. The lowest BCUT2D eigenvalue weighted by molar-refractivity contribution is 0.00578. The van der Waals surface area contributed by atoms with E-state index in [9.17, 15) is 0 Å². The highest BCUT2D eigenvalue weighted by Gasteiger charge is 2.53. The molecule has 0 saturated carbocycles. The molecule has 1 saturated heterocycles. The van der Waals surface area contributed by atoms with Gasteiger partial charge in [-0.2, -0.15) is 0 Å². The SMILES string of the molecule is CC1(C)OB(c2c(-c3ccccc3)c([Si])cc(-c3ccccc3)c2-c2ccccc2)OC1(C)C. The number of hydrogen-bond acceptors (Lipinski definition) is 2. The van der Waals surface area contributed by atoms with Gasteiger partial charge in [-0.3, -0.25) is 0 Å². The zero-order valence-corrected chi connectivity index (χ0v) is 21.1. The highest BCUT2D eigenvalue weighted by Crippen LogP contribution is 2.40. The number of benzene rings is 4. The van der Waals surface area contributed by atoms with Crippen molar-refractivity contribution in [3.8, 4) is 33.4 Å². The van der Waals surface area contributed by atoms with Crippen LogP contribution in [0.2, 0.25) is 0 Å². The second-order valence-corrected chi connectivity index (χ2v) is 10.4. The molecule has 4 heteroatoms. The summed E-state index contributed by atoms with van der Waals surface area (Å²) < 4.78 is 13.4. The molecule has 0 amide bonds. The topological polar surface area (TPSA) is 18.5 Å². The molecule has 1 heterocycles. The van der Waals surface area contributed by atoms with Crippen molar-refractivity contribution in [2.75, 3.05) is 0 Å². The molecule has 0 unspecified atom stereocenters. The van der Waals surface area contributed by atoms with Crippen molar-refractivity contribution >= 4 is 28.0 Å². The summed E-state index contributed by atoms with van der Waals surface area (Å²) in [6.07, 6.45) is 0. The fourth-order valence-corrected chi connectivity index (χ4v) is 5.00. The van der Waals surface area contributed by atoms with Gasteiger partial charge in [0.25, 0.3) is 0 Å². The molecule has 5 rings (SSSR count). The molecular formula is C30H28BO2Si. The zero-order chi connectivity index (χ0) is 23.9. The molecule has 1 aliphatic heterocycles. The van der Waals surface area contributed by atoms with Crippen LogP contribution in [0.3, 0.4) is 0 Å². The van der Waals surface area contributed by atoms with Crippen molar-refractivity contribution in [1.29, 1.82) is 0 Å². The van der Waals surface area contributed by atoms with Gasteiger partial charge in [-0.25, -0.2) is 0 Å². The Bertz CT molecular complexity index is 1290. The molecular weight excluding hydrogens is 431 g/mol. The van der Waals surface area contributed by atoms with Crippen LogP contribution in [0.5, 0.6) is 0 Å². The van der Waals surface area contributed by atoms with Crippen LogP contribution in [0.25, 0.3) is 33.4 Å². The van der Waals surface area contributed by atoms with Crippen molar-refractivity contribution in [2.45, 2.75) is 38.9 Å². The molecule has 3 radical (unpaired) electrons. The fourth-order valence-electron chi connectivity index (χ4n) is 4.58. The van der Waals surface area contributed by atoms with Gasteiger partial charge in [-0.15, -0.1) is 0 Å². The van der Waals surface area contributed by atoms with Gasteiger partial charge < -0.3 is 9.31 Å². The van der Waals surface area contributed by atoms with Crippen molar-refractivity contribution in [1.82, 2.24) is 0 Å². The maximum Gasteiger partial charge on any atom is 0.496 e. The largest absolute Gasteiger partial charge is 0.496 e. The summed E-state index contributed by atoms with van der Waals surface area (Å²) >= 11 is 0. The summed E-state index contributed by atoms with van der Waals surface area (Å²) in [5.41, 5.74) is 6.91. The molecule has 0 bridgehead atoms. The average molecular weight is 459 g/mol. The Labute approximate surface area is 206 Å². The maximum absolute atomic E-state index is 6.68. The molecule has 1 fully saturated rings. The second kappa shape index (κ2) is 8.70. The molecule has 0 aliphatic carbocycles. The summed E-state index contributed by atoms with van der Waals surface area (Å²) in [6, 6.07) is 33.8. The number of rotatable bonds is 4. The Morgan fingerprint density at radius 1 is 0.588 bits per heavy atom. The maximum atomic E-state index is 6.68. The third-order valence-corrected chi connectivity index (χ3v) is 7.46. The highest BCUT2D eigenvalue weighted by molar-refractivity contribution is 6.67. The lowest BCUT2D eigenvalue weighted by Crippen LogP contribution is -2.41. The summed E-state index contributed by atoms with van der Waals surface area (Å²) in [4.78, 5) is 0. The summed E-state index contributed by atoms with van der Waals surface area (Å²) in [6.45, 7) is 8.42. The van der Waals surface area contributed by atoms with Crippen molar-refractivity contribution in [2.24, 2.45) is 0 Å². The van der Waals surface area contributed by atoms with Gasteiger partial charge in [0.2, 0.25) is 0 Å². The smallest absolute Gasteiger partial charge is 0.399 e. The van der Waals surface area contributed by atoms with Crippen molar-refractivity contribution in [3.63, 3.8) is 0 Å². The van der Waals surface area contributed by atoms with E-state index in [0.29, 0.717) is 0 Å². The molecule has 1 aliphatic rings. The van der Waals surface area contributed by atoms with Gasteiger partial charge in [0.1, 0.15) is 0 Å². The van der Waals surface area contributed by atoms with Crippen LogP contribution < -0.4 is 10.6 Å². The Kier molecular flexibility index (Phi) is 5.85. The molecule has 0 atom stereocenters. The summed E-state index contributed by atoms with van der Waals surface area (Å²) in [5, 5.41) is 1.01. The van der Waals surface area contributed by atoms with Gasteiger partial charge >= 0.3 is 7.12 Å². The first-order valence-corrected chi connectivity index (χ1v) is 12.2. The van der Waals surface area contributed by atoms with Crippen LogP contribution >= 0.6 is 0 Å². The van der Waals surface area contributed by atoms with Crippen molar-refractivity contribution in [3.05, 3.63) is 97.1 Å². The van der Waals surface area contributed by atoms with Crippen LogP contribution in [-0.2, 0) is 9.31 Å². The minimum Gasteiger partial charge on any atom is -0.399 e. The second-order valence-electron chi connectivity index (χ2n) is 9.82. The Morgan fingerprint density at radius 2 is 1.00 bits per heavy atom. The molecule has 4 aromatic carbocycles. The molecule has 167 valence electrons. The lowest BCUT2D eigenvalue weighted by Gasteiger charge is -2.32. The first-order valence-electron chi connectivity index (χ1n) is 11.7. The molecule has 2 nitrogen and oxygen atoms in total. The predicted octanol–water partition coefficient (Wildman–Crippen LogP) is 5.78. The van der Waals surface area contributed by atoms with Gasteiger partial charge in [0.15, 0.2) is 0 Å². The fraction of sp³-hybridized carbons (Fsp3) is 0.200. The van der Waals surface area contributed by atoms with Crippen LogP contribution in [0.4, 0.5) is 0 Å². The van der Waals surface area contributed by atoms with Gasteiger partial charge in [0.05, 0.1) is 21.4 Å². The van der Waals surface area contributed by atoms with Crippen LogP contribution in [0, 0.1) is 0 Å². The third kappa shape index (κ3) is 3.96. The Morgan fingerprint density at radius 3 is 1.47 bits per heavy atom. The van der Waals surface area contributed by atoms with Gasteiger partial charge in [-0.05, 0) is 66.5 Å². The van der Waals surface area contributed by atoms with E-state index in [2.05, 4.69) is 123 Å². The van der Waals surface area contributed by atoms with E-state index in [1.807, 2.05) is 12.1 Å². The monoisotopic (exact) mass is 459 g/mol. The normalized spacial score (nSPS) is 16.6. The first-order chi connectivity index (χ1) is 16.3. The lowest BCUT2D eigenvalue weighted by atomic mass is 9.68. The van der Waals surface area contributed by atoms with E-state index in [-0.39, 0.29) is 0 Å². The van der Waals surface area contributed by atoms with Crippen LogP contribution in [0.15, 0.2) is 97.1 Å². The van der Waals surface area contributed by atoms with Gasteiger partial charge in [0, 0.05) is 0 Å². The van der Waals surface area contributed by atoms with E-state index in [1.165, 1.54) is 0 Å². The van der Waals surface area contributed by atoms with Crippen molar-refractivity contribution < 1.29 is 9.31 Å². The van der Waals surface area contributed by atoms with Crippen LogP contribution in [0.1, 0.15) is 27.7 Å². The van der Waals surface area contributed by atoms with Crippen LogP contribution in [-0.4, -0.2) is 28.6 Å². The average Bonchev–Trinajstić information content (AvgIpc) is 3.06. The minimum absolute atomic E-state index is 0.450. The highest BCUT2D eigenvalue weighted by atomic mass is 28.1. The minimum atomic E-state index is -0.519. The van der Waals surface area contributed by atoms with E-state index in [0.717, 1.165) is 44.0 Å². The quantitative estimate of drug-likeness (QED) is 0.360. The molecule has 0 N–H and O–H groups in total. The molecule has 0 spiro atoms. The summed E-state index contributed by atoms with van der Waals surface area (Å²) in [5.74, 6) is 0. The summed E-state index contributed by atoms with van der Waals surface area (Å²) in [7, 11) is 3.48. The Hall–Kier alpha value is -2.92. The van der Waals surface area contributed by atoms with Gasteiger partial charge in [-0.1, -0.05) is 102 Å². The van der Waals surface area contributed by atoms with E-state index < -0.39 is 18.3 Å². The standard InChI is InChI=1S/C30H28BO2Si/c1-29(2)30(3,4)33-31(32-29)28-26(22-16-10-6-11-17-22)24(21-14-8-5-9-15-21)20-25(34)27(28)23-18-12-7-13-19-23/h5-20H,1-4H3. The first kappa shape index (κ1) is 22.9. The van der Waals surface area contributed by atoms with E-state index in [4.69, 9.17) is 9.31 Å². The number of hydrogen-bond donors (Lipinski definition) is 0. The Balaban J connectivity index is 1.89.